The summed E-state index contributed by atoms with van der Waals surface area (Å²) in [7, 11) is 3.17. The zero-order chi connectivity index (χ0) is 23.0. The van der Waals surface area contributed by atoms with Gasteiger partial charge in [0, 0.05) is 13.1 Å². The molecule has 0 aliphatic carbocycles. The van der Waals surface area contributed by atoms with Crippen LogP contribution < -0.4 is 14.2 Å². The van der Waals surface area contributed by atoms with E-state index in [2.05, 4.69) is 0 Å². The molecule has 7 nitrogen and oxygen atoms in total. The fourth-order valence-electron chi connectivity index (χ4n) is 4.15. The van der Waals surface area contributed by atoms with Gasteiger partial charge in [-0.15, -0.1) is 0 Å². The molecule has 0 bridgehead atoms. The van der Waals surface area contributed by atoms with Crippen molar-refractivity contribution in [3.8, 4) is 17.2 Å². The minimum Gasteiger partial charge on any atom is -0.497 e. The molecular weight excluding hydrogens is 410 g/mol. The van der Waals surface area contributed by atoms with Gasteiger partial charge in [0.15, 0.2) is 18.1 Å². The third kappa shape index (κ3) is 5.52. The highest BCUT2D eigenvalue weighted by atomic mass is 16.5. The molecule has 1 fully saturated rings. The van der Waals surface area contributed by atoms with Crippen LogP contribution in [-0.2, 0) is 20.7 Å². The zero-order valence-corrected chi connectivity index (χ0v) is 19.0. The van der Waals surface area contributed by atoms with Crippen LogP contribution in [0.4, 0.5) is 0 Å². The Hall–Kier alpha value is -3.22. The molecule has 172 valence electrons. The van der Waals surface area contributed by atoms with Gasteiger partial charge in [0.1, 0.15) is 5.75 Å². The Balaban J connectivity index is 1.75. The van der Waals surface area contributed by atoms with E-state index >= 15 is 0 Å². The molecule has 0 saturated carbocycles. The first-order valence-electron chi connectivity index (χ1n) is 10.8. The molecule has 7 heteroatoms. The largest absolute Gasteiger partial charge is 0.497 e. The highest BCUT2D eigenvalue weighted by Crippen LogP contribution is 2.36. The number of nitrogens with zero attached hydrogens (tertiary/aromatic N) is 1. The Morgan fingerprint density at radius 1 is 1.03 bits per heavy atom. The molecule has 2 aromatic rings. The number of para-hydroxylation sites is 2. The normalized spacial score (nSPS) is 18.0. The number of piperidine rings is 1. The molecule has 32 heavy (non-hydrogen) atoms. The molecule has 0 radical (unpaired) electrons. The Kier molecular flexibility index (Phi) is 7.98. The molecule has 1 amide bonds. The summed E-state index contributed by atoms with van der Waals surface area (Å²) in [6.07, 6.45) is 1.84. The van der Waals surface area contributed by atoms with Crippen LogP contribution in [-0.4, -0.2) is 57.3 Å². The number of amides is 1. The van der Waals surface area contributed by atoms with Gasteiger partial charge in [-0.2, -0.15) is 0 Å². The minimum atomic E-state index is -0.805. The van der Waals surface area contributed by atoms with E-state index in [1.165, 1.54) is 0 Å². The molecule has 1 saturated heterocycles. The molecular formula is C25H31NO6. The van der Waals surface area contributed by atoms with E-state index in [9.17, 15) is 9.59 Å². The van der Waals surface area contributed by atoms with Gasteiger partial charge in [0.25, 0.3) is 5.91 Å². The van der Waals surface area contributed by atoms with E-state index < -0.39 is 5.41 Å². The van der Waals surface area contributed by atoms with E-state index in [0.29, 0.717) is 43.9 Å². The number of benzene rings is 2. The predicted molar refractivity (Wildman–Crippen MR) is 120 cm³/mol. The summed E-state index contributed by atoms with van der Waals surface area (Å²) < 4.78 is 21.8. The number of carbonyl (C=O) groups is 2. The maximum Gasteiger partial charge on any atom is 0.314 e. The number of esters is 1. The number of rotatable bonds is 9. The van der Waals surface area contributed by atoms with E-state index in [4.69, 9.17) is 18.9 Å². The van der Waals surface area contributed by atoms with Crippen molar-refractivity contribution in [2.24, 2.45) is 5.41 Å². The third-order valence-corrected chi connectivity index (χ3v) is 5.73. The van der Waals surface area contributed by atoms with Crippen molar-refractivity contribution in [1.29, 1.82) is 0 Å². The molecule has 1 heterocycles. The standard InChI is InChI=1S/C25H31NO6/c1-4-31-24(28)25(16-19-9-7-10-20(15-19)29-2)13-8-14-26(18-25)23(27)17-32-22-12-6-5-11-21(22)30-3/h5-7,9-12,15H,4,8,13-14,16-18H2,1-3H3. The second-order valence-corrected chi connectivity index (χ2v) is 7.89. The second kappa shape index (κ2) is 10.9. The lowest BCUT2D eigenvalue weighted by molar-refractivity contribution is -0.161. The Bertz CT molecular complexity index is 930. The van der Waals surface area contributed by atoms with E-state index in [1.807, 2.05) is 36.4 Å². The van der Waals surface area contributed by atoms with Crippen LogP contribution in [0, 0.1) is 5.41 Å². The van der Waals surface area contributed by atoms with Crippen LogP contribution in [0.2, 0.25) is 0 Å². The molecule has 2 aromatic carbocycles. The van der Waals surface area contributed by atoms with Gasteiger partial charge in [-0.1, -0.05) is 24.3 Å². The number of ether oxygens (including phenoxy) is 4. The highest BCUT2D eigenvalue weighted by molar-refractivity contribution is 5.82. The number of carbonyl (C=O) groups excluding carboxylic acids is 2. The topological polar surface area (TPSA) is 74.3 Å². The molecule has 1 aliphatic heterocycles. The summed E-state index contributed by atoms with van der Waals surface area (Å²) in [5.74, 6) is 1.36. The van der Waals surface area contributed by atoms with Crippen molar-refractivity contribution in [2.75, 3.05) is 40.5 Å². The number of likely N-dealkylation sites (tertiary alicyclic amines) is 1. The quantitative estimate of drug-likeness (QED) is 0.555. The number of hydrogen-bond acceptors (Lipinski definition) is 6. The van der Waals surface area contributed by atoms with Crippen LogP contribution in [0.15, 0.2) is 48.5 Å². The SMILES string of the molecule is CCOC(=O)C1(Cc2cccc(OC)c2)CCCN(C(=O)COc2ccccc2OC)C1. The molecule has 0 spiro atoms. The zero-order valence-electron chi connectivity index (χ0n) is 19.0. The van der Waals surface area contributed by atoms with Gasteiger partial charge >= 0.3 is 5.97 Å². The highest BCUT2D eigenvalue weighted by Gasteiger charge is 2.44. The monoisotopic (exact) mass is 441 g/mol. The maximum atomic E-state index is 13.1. The second-order valence-electron chi connectivity index (χ2n) is 7.89. The van der Waals surface area contributed by atoms with Gasteiger partial charge in [-0.25, -0.2) is 0 Å². The van der Waals surface area contributed by atoms with Crippen LogP contribution in [0.5, 0.6) is 17.2 Å². The summed E-state index contributed by atoms with van der Waals surface area (Å²) in [5.41, 5.74) is 0.165. The average molecular weight is 442 g/mol. The van der Waals surface area contributed by atoms with Crippen molar-refractivity contribution < 1.29 is 28.5 Å². The lowest BCUT2D eigenvalue weighted by Gasteiger charge is -2.41. The summed E-state index contributed by atoms with van der Waals surface area (Å²) in [6.45, 7) is 2.83. The smallest absolute Gasteiger partial charge is 0.314 e. The number of methoxy groups -OCH3 is 2. The lowest BCUT2D eigenvalue weighted by Crippen LogP contribution is -2.52. The molecule has 0 N–H and O–H groups in total. The molecule has 0 aromatic heterocycles. The Morgan fingerprint density at radius 2 is 1.81 bits per heavy atom. The van der Waals surface area contributed by atoms with Crippen molar-refractivity contribution in [3.63, 3.8) is 0 Å². The van der Waals surface area contributed by atoms with Crippen LogP contribution in [0.3, 0.4) is 0 Å². The Labute approximate surface area is 189 Å². The summed E-state index contributed by atoms with van der Waals surface area (Å²) in [4.78, 5) is 27.8. The van der Waals surface area contributed by atoms with E-state index in [1.54, 1.807) is 38.2 Å². The number of hydrogen-bond donors (Lipinski definition) is 0. The fourth-order valence-corrected chi connectivity index (χ4v) is 4.15. The predicted octanol–water partition coefficient (Wildman–Crippen LogP) is 3.50. The van der Waals surface area contributed by atoms with E-state index in [-0.39, 0.29) is 25.0 Å². The fraction of sp³-hybridized carbons (Fsp3) is 0.440. The third-order valence-electron chi connectivity index (χ3n) is 5.73. The van der Waals surface area contributed by atoms with Crippen molar-refractivity contribution in [3.05, 3.63) is 54.1 Å². The molecule has 1 unspecified atom stereocenters. The van der Waals surface area contributed by atoms with Crippen LogP contribution in [0.1, 0.15) is 25.3 Å². The minimum absolute atomic E-state index is 0.127. The van der Waals surface area contributed by atoms with Crippen molar-refractivity contribution in [2.45, 2.75) is 26.2 Å². The summed E-state index contributed by atoms with van der Waals surface area (Å²) in [5, 5.41) is 0. The molecule has 1 aliphatic rings. The average Bonchev–Trinajstić information content (AvgIpc) is 2.83. The Morgan fingerprint density at radius 3 is 2.53 bits per heavy atom. The summed E-state index contributed by atoms with van der Waals surface area (Å²) >= 11 is 0. The summed E-state index contributed by atoms with van der Waals surface area (Å²) in [6, 6.07) is 14.9. The van der Waals surface area contributed by atoms with Gasteiger partial charge in [0.2, 0.25) is 0 Å². The van der Waals surface area contributed by atoms with Gasteiger partial charge in [-0.05, 0) is 56.0 Å². The first-order chi connectivity index (χ1) is 15.5. The van der Waals surface area contributed by atoms with Crippen molar-refractivity contribution in [1.82, 2.24) is 4.90 Å². The van der Waals surface area contributed by atoms with Gasteiger partial charge < -0.3 is 23.8 Å². The van der Waals surface area contributed by atoms with Crippen molar-refractivity contribution >= 4 is 11.9 Å². The van der Waals surface area contributed by atoms with Gasteiger partial charge in [0.05, 0.1) is 26.2 Å². The van der Waals surface area contributed by atoms with Crippen LogP contribution in [0.25, 0.3) is 0 Å². The van der Waals surface area contributed by atoms with Gasteiger partial charge in [-0.3, -0.25) is 9.59 Å². The lowest BCUT2D eigenvalue weighted by atomic mass is 9.75. The maximum absolute atomic E-state index is 13.1. The first kappa shape index (κ1) is 23.4. The molecule has 1 atom stereocenters. The van der Waals surface area contributed by atoms with Crippen LogP contribution >= 0.6 is 0 Å². The first-order valence-corrected chi connectivity index (χ1v) is 10.8. The molecule has 3 rings (SSSR count). The van der Waals surface area contributed by atoms with E-state index in [0.717, 1.165) is 11.3 Å².